The number of methoxy groups -OCH3 is 1. The minimum atomic E-state index is -0.468. The number of aliphatic hydroxyl groups is 1. The molecule has 2 unspecified atom stereocenters. The van der Waals surface area contributed by atoms with Crippen LogP contribution in [-0.4, -0.2) is 48.4 Å². The Labute approximate surface area is 120 Å². The first-order valence-electron chi connectivity index (χ1n) is 7.23. The highest BCUT2D eigenvalue weighted by atomic mass is 32.2. The third kappa shape index (κ3) is 4.36. The predicted molar refractivity (Wildman–Crippen MR) is 79.4 cm³/mol. The van der Waals surface area contributed by atoms with Gasteiger partial charge in [0.05, 0.1) is 13.7 Å². The SMILES string of the molecule is CCCNC1(C(=O)OC)CCCC1CCSCCO. The van der Waals surface area contributed by atoms with E-state index in [9.17, 15) is 4.79 Å². The zero-order chi connectivity index (χ0) is 14.1. The normalized spacial score (nSPS) is 26.6. The summed E-state index contributed by atoms with van der Waals surface area (Å²) in [7, 11) is 1.48. The molecular formula is C14H27NO3S. The van der Waals surface area contributed by atoms with E-state index in [-0.39, 0.29) is 12.6 Å². The Balaban J connectivity index is 2.61. The van der Waals surface area contributed by atoms with Crippen LogP contribution in [0.2, 0.25) is 0 Å². The molecule has 0 amide bonds. The van der Waals surface area contributed by atoms with E-state index in [1.807, 2.05) is 0 Å². The Morgan fingerprint density at radius 2 is 2.32 bits per heavy atom. The van der Waals surface area contributed by atoms with E-state index < -0.39 is 5.54 Å². The van der Waals surface area contributed by atoms with E-state index in [4.69, 9.17) is 9.84 Å². The summed E-state index contributed by atoms with van der Waals surface area (Å²) in [5.74, 6) is 2.03. The molecule has 0 aliphatic heterocycles. The summed E-state index contributed by atoms with van der Waals surface area (Å²) in [6.45, 7) is 3.19. The van der Waals surface area contributed by atoms with E-state index in [0.717, 1.165) is 50.2 Å². The van der Waals surface area contributed by atoms with E-state index >= 15 is 0 Å². The number of nitrogens with one attached hydrogen (secondary N) is 1. The summed E-state index contributed by atoms with van der Waals surface area (Å²) < 4.78 is 5.04. The van der Waals surface area contributed by atoms with Gasteiger partial charge in [-0.05, 0) is 43.9 Å². The molecule has 2 N–H and O–H groups in total. The first-order chi connectivity index (χ1) is 9.21. The van der Waals surface area contributed by atoms with Gasteiger partial charge in [-0.3, -0.25) is 4.79 Å². The van der Waals surface area contributed by atoms with Crippen LogP contribution in [0, 0.1) is 5.92 Å². The summed E-state index contributed by atoms with van der Waals surface area (Å²) >= 11 is 1.75. The molecule has 5 heteroatoms. The second-order valence-electron chi connectivity index (χ2n) is 5.10. The zero-order valence-corrected chi connectivity index (χ0v) is 12.9. The largest absolute Gasteiger partial charge is 0.468 e. The van der Waals surface area contributed by atoms with Gasteiger partial charge < -0.3 is 15.2 Å². The zero-order valence-electron chi connectivity index (χ0n) is 12.1. The van der Waals surface area contributed by atoms with E-state index in [2.05, 4.69) is 12.2 Å². The fourth-order valence-electron chi connectivity index (χ4n) is 2.96. The number of aliphatic hydroxyl groups excluding tert-OH is 1. The molecule has 4 nitrogen and oxygen atoms in total. The van der Waals surface area contributed by atoms with E-state index in [1.165, 1.54) is 7.11 Å². The first-order valence-corrected chi connectivity index (χ1v) is 8.38. The van der Waals surface area contributed by atoms with Gasteiger partial charge in [0.1, 0.15) is 5.54 Å². The molecule has 1 aliphatic rings. The smallest absolute Gasteiger partial charge is 0.326 e. The summed E-state index contributed by atoms with van der Waals surface area (Å²) in [6.07, 6.45) is 5.09. The molecule has 1 saturated carbocycles. The number of hydrogen-bond donors (Lipinski definition) is 2. The topological polar surface area (TPSA) is 58.6 Å². The lowest BCUT2D eigenvalue weighted by atomic mass is 9.85. The molecule has 0 aromatic heterocycles. The lowest BCUT2D eigenvalue weighted by Gasteiger charge is -2.34. The fraction of sp³-hybridized carbons (Fsp3) is 0.929. The molecule has 1 fully saturated rings. The standard InChI is InChI=1S/C14H27NO3S/c1-3-8-15-14(13(17)18-2)7-4-5-12(14)6-10-19-11-9-16/h12,15-16H,3-11H2,1-2H3. The van der Waals surface area contributed by atoms with Crippen molar-refractivity contribution in [2.45, 2.75) is 44.6 Å². The lowest BCUT2D eigenvalue weighted by molar-refractivity contribution is -0.150. The monoisotopic (exact) mass is 289 g/mol. The van der Waals surface area contributed by atoms with Gasteiger partial charge in [-0.25, -0.2) is 0 Å². The minimum absolute atomic E-state index is 0.101. The van der Waals surface area contributed by atoms with Crippen LogP contribution < -0.4 is 5.32 Å². The maximum absolute atomic E-state index is 12.2. The van der Waals surface area contributed by atoms with Gasteiger partial charge in [-0.1, -0.05) is 13.3 Å². The van der Waals surface area contributed by atoms with Gasteiger partial charge in [0.15, 0.2) is 0 Å². The van der Waals surface area contributed by atoms with Crippen molar-refractivity contribution in [3.63, 3.8) is 0 Å². The lowest BCUT2D eigenvalue weighted by Crippen LogP contribution is -2.55. The van der Waals surface area contributed by atoms with Crippen LogP contribution in [0.5, 0.6) is 0 Å². The molecule has 112 valence electrons. The number of hydrogen-bond acceptors (Lipinski definition) is 5. The van der Waals surface area contributed by atoms with E-state index in [0.29, 0.717) is 5.92 Å². The van der Waals surface area contributed by atoms with Crippen molar-refractivity contribution < 1.29 is 14.6 Å². The maximum atomic E-state index is 12.2. The van der Waals surface area contributed by atoms with Crippen LogP contribution >= 0.6 is 11.8 Å². The quantitative estimate of drug-likeness (QED) is 0.501. The van der Waals surface area contributed by atoms with Crippen molar-refractivity contribution >= 4 is 17.7 Å². The summed E-state index contributed by atoms with van der Waals surface area (Å²) in [5.41, 5.74) is -0.468. The summed E-state index contributed by atoms with van der Waals surface area (Å²) in [4.78, 5) is 12.2. The first kappa shape index (κ1) is 16.8. The highest BCUT2D eigenvalue weighted by Crippen LogP contribution is 2.39. The van der Waals surface area contributed by atoms with Gasteiger partial charge >= 0.3 is 5.97 Å². The molecule has 2 atom stereocenters. The summed E-state index contributed by atoms with van der Waals surface area (Å²) in [5, 5.41) is 12.2. The number of carbonyl (C=O) groups is 1. The fourth-order valence-corrected chi connectivity index (χ4v) is 3.75. The predicted octanol–water partition coefficient (Wildman–Crippen LogP) is 1.81. The average molecular weight is 289 g/mol. The van der Waals surface area contributed by atoms with Crippen molar-refractivity contribution in [2.24, 2.45) is 5.92 Å². The number of rotatable bonds is 9. The highest BCUT2D eigenvalue weighted by molar-refractivity contribution is 7.99. The molecule has 0 aromatic rings. The molecule has 0 saturated heterocycles. The van der Waals surface area contributed by atoms with Gasteiger partial charge in [-0.2, -0.15) is 11.8 Å². The Bertz CT molecular complexity index is 275. The van der Waals surface area contributed by atoms with Gasteiger partial charge in [0.2, 0.25) is 0 Å². The Morgan fingerprint density at radius 1 is 1.53 bits per heavy atom. The number of thioether (sulfide) groups is 1. The molecule has 0 bridgehead atoms. The number of carbonyl (C=O) groups excluding carboxylic acids is 1. The van der Waals surface area contributed by atoms with Crippen molar-refractivity contribution in [2.75, 3.05) is 31.8 Å². The maximum Gasteiger partial charge on any atom is 0.326 e. The van der Waals surface area contributed by atoms with Crippen LogP contribution in [0.1, 0.15) is 39.0 Å². The molecule has 0 radical (unpaired) electrons. The van der Waals surface area contributed by atoms with Crippen molar-refractivity contribution in [3.8, 4) is 0 Å². The van der Waals surface area contributed by atoms with Crippen LogP contribution in [0.4, 0.5) is 0 Å². The third-order valence-electron chi connectivity index (χ3n) is 3.91. The van der Waals surface area contributed by atoms with Gasteiger partial charge in [0, 0.05) is 5.75 Å². The third-order valence-corrected chi connectivity index (χ3v) is 4.90. The van der Waals surface area contributed by atoms with Crippen molar-refractivity contribution in [1.82, 2.24) is 5.32 Å². The molecule has 1 aliphatic carbocycles. The highest BCUT2D eigenvalue weighted by Gasteiger charge is 2.48. The molecule has 0 aromatic carbocycles. The Hall–Kier alpha value is -0.260. The number of esters is 1. The minimum Gasteiger partial charge on any atom is -0.468 e. The molecular weight excluding hydrogens is 262 g/mol. The molecule has 0 spiro atoms. The van der Waals surface area contributed by atoms with Crippen molar-refractivity contribution in [3.05, 3.63) is 0 Å². The Kier molecular flexibility index (Phi) is 7.80. The van der Waals surface area contributed by atoms with Crippen molar-refractivity contribution in [1.29, 1.82) is 0 Å². The van der Waals surface area contributed by atoms with Crippen LogP contribution in [0.3, 0.4) is 0 Å². The molecule has 0 heterocycles. The van der Waals surface area contributed by atoms with Gasteiger partial charge in [0.25, 0.3) is 0 Å². The van der Waals surface area contributed by atoms with Crippen LogP contribution in [-0.2, 0) is 9.53 Å². The summed E-state index contributed by atoms with van der Waals surface area (Å²) in [6, 6.07) is 0. The second-order valence-corrected chi connectivity index (χ2v) is 6.33. The van der Waals surface area contributed by atoms with Crippen LogP contribution in [0.25, 0.3) is 0 Å². The Morgan fingerprint density at radius 3 is 2.95 bits per heavy atom. The number of ether oxygens (including phenoxy) is 1. The van der Waals surface area contributed by atoms with Gasteiger partial charge in [-0.15, -0.1) is 0 Å². The van der Waals surface area contributed by atoms with Crippen LogP contribution in [0.15, 0.2) is 0 Å². The average Bonchev–Trinajstić information content (AvgIpc) is 2.84. The second kappa shape index (κ2) is 8.82. The molecule has 1 rings (SSSR count). The van der Waals surface area contributed by atoms with E-state index in [1.54, 1.807) is 11.8 Å². The molecule has 19 heavy (non-hydrogen) atoms.